The fourth-order valence-electron chi connectivity index (χ4n) is 1.91. The molecule has 0 unspecified atom stereocenters. The van der Waals surface area contributed by atoms with Crippen molar-refractivity contribution in [2.45, 2.75) is 27.7 Å². The number of carbonyl (C=O) groups is 2. The first kappa shape index (κ1) is 15.2. The third-order valence-electron chi connectivity index (χ3n) is 3.21. The van der Waals surface area contributed by atoms with Gasteiger partial charge in [0.2, 0.25) is 5.91 Å². The van der Waals surface area contributed by atoms with Gasteiger partial charge >= 0.3 is 0 Å². The summed E-state index contributed by atoms with van der Waals surface area (Å²) in [4.78, 5) is 25.6. The summed E-state index contributed by atoms with van der Waals surface area (Å²) < 4.78 is 0. The molecule has 0 aliphatic heterocycles. The molecular formula is C15H22N2O2. The molecule has 0 bridgehead atoms. The highest BCUT2D eigenvalue weighted by Crippen LogP contribution is 2.14. The van der Waals surface area contributed by atoms with Crippen LogP contribution in [0.2, 0.25) is 0 Å². The standard InChI is InChI=1S/C15H22N2O2/c1-5-16-14(18)10-17(6-2)15(19)13-9-7-8-11(3)12(13)4/h7-9H,5-6,10H2,1-4H3,(H,16,18). The molecule has 1 aromatic rings. The van der Waals surface area contributed by atoms with Gasteiger partial charge in [0, 0.05) is 18.7 Å². The highest BCUT2D eigenvalue weighted by Gasteiger charge is 2.18. The first-order chi connectivity index (χ1) is 9.01. The molecule has 1 rings (SSSR count). The summed E-state index contributed by atoms with van der Waals surface area (Å²) in [5.74, 6) is -0.210. The molecule has 0 fully saturated rings. The van der Waals surface area contributed by atoms with Crippen LogP contribution in [-0.4, -0.2) is 36.3 Å². The zero-order valence-electron chi connectivity index (χ0n) is 12.1. The van der Waals surface area contributed by atoms with Crippen molar-refractivity contribution >= 4 is 11.8 Å². The molecule has 19 heavy (non-hydrogen) atoms. The number of hydrogen-bond donors (Lipinski definition) is 1. The average molecular weight is 262 g/mol. The molecule has 1 aromatic carbocycles. The second-order valence-corrected chi connectivity index (χ2v) is 4.52. The van der Waals surface area contributed by atoms with Crippen molar-refractivity contribution < 1.29 is 9.59 Å². The normalized spacial score (nSPS) is 10.1. The minimum atomic E-state index is -0.122. The van der Waals surface area contributed by atoms with Crippen LogP contribution in [0.1, 0.15) is 35.3 Å². The van der Waals surface area contributed by atoms with E-state index in [0.29, 0.717) is 18.7 Å². The molecule has 0 atom stereocenters. The Balaban J connectivity index is 2.89. The zero-order chi connectivity index (χ0) is 14.4. The number of benzene rings is 1. The van der Waals surface area contributed by atoms with Gasteiger partial charge in [-0.05, 0) is 44.9 Å². The van der Waals surface area contributed by atoms with Gasteiger partial charge in [0.05, 0.1) is 6.54 Å². The van der Waals surface area contributed by atoms with E-state index in [4.69, 9.17) is 0 Å². The minimum absolute atomic E-state index is 0.0880. The lowest BCUT2D eigenvalue weighted by atomic mass is 10.0. The Morgan fingerprint density at radius 3 is 2.47 bits per heavy atom. The molecular weight excluding hydrogens is 240 g/mol. The number of aryl methyl sites for hydroxylation is 1. The smallest absolute Gasteiger partial charge is 0.254 e. The van der Waals surface area contributed by atoms with Crippen LogP contribution in [0.25, 0.3) is 0 Å². The molecule has 0 heterocycles. The number of hydrogen-bond acceptors (Lipinski definition) is 2. The van der Waals surface area contributed by atoms with Crippen molar-refractivity contribution in [1.29, 1.82) is 0 Å². The largest absolute Gasteiger partial charge is 0.355 e. The van der Waals surface area contributed by atoms with Gasteiger partial charge in [-0.2, -0.15) is 0 Å². The predicted octanol–water partition coefficient (Wildman–Crippen LogP) is 1.90. The maximum absolute atomic E-state index is 12.4. The third-order valence-corrected chi connectivity index (χ3v) is 3.21. The monoisotopic (exact) mass is 262 g/mol. The summed E-state index contributed by atoms with van der Waals surface area (Å²) in [6, 6.07) is 5.66. The van der Waals surface area contributed by atoms with Crippen molar-refractivity contribution in [3.05, 3.63) is 34.9 Å². The van der Waals surface area contributed by atoms with Crippen LogP contribution in [0.5, 0.6) is 0 Å². The Labute approximate surface area is 114 Å². The lowest BCUT2D eigenvalue weighted by Gasteiger charge is -2.21. The summed E-state index contributed by atoms with van der Waals surface area (Å²) in [6.45, 7) is 8.85. The number of nitrogens with one attached hydrogen (secondary N) is 1. The van der Waals surface area contributed by atoms with Gasteiger partial charge in [0.1, 0.15) is 0 Å². The molecule has 2 amide bonds. The fourth-order valence-corrected chi connectivity index (χ4v) is 1.91. The topological polar surface area (TPSA) is 49.4 Å². The number of carbonyl (C=O) groups excluding carboxylic acids is 2. The molecule has 0 saturated heterocycles. The molecule has 1 N–H and O–H groups in total. The molecule has 4 heteroatoms. The fraction of sp³-hybridized carbons (Fsp3) is 0.467. The van der Waals surface area contributed by atoms with E-state index >= 15 is 0 Å². The van der Waals surface area contributed by atoms with Crippen LogP contribution in [0, 0.1) is 13.8 Å². The number of amides is 2. The van der Waals surface area contributed by atoms with Gasteiger partial charge < -0.3 is 10.2 Å². The average Bonchev–Trinajstić information content (AvgIpc) is 2.39. The van der Waals surface area contributed by atoms with Crippen molar-refractivity contribution in [2.24, 2.45) is 0 Å². The van der Waals surface area contributed by atoms with Crippen LogP contribution in [0.15, 0.2) is 18.2 Å². The van der Waals surface area contributed by atoms with E-state index in [-0.39, 0.29) is 18.4 Å². The SMILES string of the molecule is CCNC(=O)CN(CC)C(=O)c1cccc(C)c1C. The van der Waals surface area contributed by atoms with E-state index in [1.807, 2.05) is 45.9 Å². The Bertz CT molecular complexity index is 469. The first-order valence-corrected chi connectivity index (χ1v) is 6.63. The lowest BCUT2D eigenvalue weighted by Crippen LogP contribution is -2.40. The van der Waals surface area contributed by atoms with E-state index in [2.05, 4.69) is 5.32 Å². The van der Waals surface area contributed by atoms with Gasteiger partial charge in [-0.1, -0.05) is 12.1 Å². The van der Waals surface area contributed by atoms with Crippen LogP contribution in [-0.2, 0) is 4.79 Å². The second-order valence-electron chi connectivity index (χ2n) is 4.52. The van der Waals surface area contributed by atoms with Gasteiger partial charge in [0.15, 0.2) is 0 Å². The van der Waals surface area contributed by atoms with Crippen LogP contribution in [0.4, 0.5) is 0 Å². The van der Waals surface area contributed by atoms with Crippen LogP contribution < -0.4 is 5.32 Å². The van der Waals surface area contributed by atoms with E-state index in [0.717, 1.165) is 11.1 Å². The van der Waals surface area contributed by atoms with Crippen molar-refractivity contribution in [3.63, 3.8) is 0 Å². The Hall–Kier alpha value is -1.84. The molecule has 0 radical (unpaired) electrons. The van der Waals surface area contributed by atoms with Crippen LogP contribution >= 0.6 is 0 Å². The number of nitrogens with zero attached hydrogens (tertiary/aromatic N) is 1. The Morgan fingerprint density at radius 2 is 1.89 bits per heavy atom. The summed E-state index contributed by atoms with van der Waals surface area (Å²) in [7, 11) is 0. The minimum Gasteiger partial charge on any atom is -0.355 e. The van der Waals surface area contributed by atoms with Crippen molar-refractivity contribution in [3.8, 4) is 0 Å². The molecule has 0 aliphatic carbocycles. The zero-order valence-corrected chi connectivity index (χ0v) is 12.1. The number of likely N-dealkylation sites (N-methyl/N-ethyl adjacent to an activating group) is 2. The maximum Gasteiger partial charge on any atom is 0.254 e. The first-order valence-electron chi connectivity index (χ1n) is 6.63. The molecule has 0 saturated carbocycles. The van der Waals surface area contributed by atoms with Gasteiger partial charge in [-0.3, -0.25) is 9.59 Å². The summed E-state index contributed by atoms with van der Waals surface area (Å²) in [6.07, 6.45) is 0. The highest BCUT2D eigenvalue weighted by molar-refractivity contribution is 5.97. The Morgan fingerprint density at radius 1 is 1.21 bits per heavy atom. The quantitative estimate of drug-likeness (QED) is 0.881. The van der Waals surface area contributed by atoms with Crippen LogP contribution in [0.3, 0.4) is 0 Å². The predicted molar refractivity (Wildman–Crippen MR) is 76.2 cm³/mol. The van der Waals surface area contributed by atoms with Gasteiger partial charge in [0.25, 0.3) is 5.91 Å². The van der Waals surface area contributed by atoms with E-state index < -0.39 is 0 Å². The lowest BCUT2D eigenvalue weighted by molar-refractivity contribution is -0.121. The van der Waals surface area contributed by atoms with E-state index in [1.165, 1.54) is 0 Å². The summed E-state index contributed by atoms with van der Waals surface area (Å²) in [5, 5.41) is 2.71. The second kappa shape index (κ2) is 6.92. The van der Waals surface area contributed by atoms with E-state index in [9.17, 15) is 9.59 Å². The molecule has 4 nitrogen and oxygen atoms in total. The molecule has 104 valence electrons. The summed E-state index contributed by atoms with van der Waals surface area (Å²) >= 11 is 0. The third kappa shape index (κ3) is 3.81. The highest BCUT2D eigenvalue weighted by atomic mass is 16.2. The number of rotatable bonds is 5. The molecule has 0 spiro atoms. The van der Waals surface area contributed by atoms with Gasteiger partial charge in [-0.25, -0.2) is 0 Å². The molecule has 0 aliphatic rings. The maximum atomic E-state index is 12.4. The molecule has 0 aromatic heterocycles. The van der Waals surface area contributed by atoms with Crippen molar-refractivity contribution in [1.82, 2.24) is 10.2 Å². The summed E-state index contributed by atoms with van der Waals surface area (Å²) in [5.41, 5.74) is 2.73. The van der Waals surface area contributed by atoms with E-state index in [1.54, 1.807) is 4.90 Å². The van der Waals surface area contributed by atoms with Gasteiger partial charge in [-0.15, -0.1) is 0 Å². The Kier molecular flexibility index (Phi) is 5.55. The van der Waals surface area contributed by atoms with Crippen molar-refractivity contribution in [2.75, 3.05) is 19.6 Å².